The molecule has 1 amide bonds. The van der Waals surface area contributed by atoms with Gasteiger partial charge in [-0.15, -0.1) is 0 Å². The van der Waals surface area contributed by atoms with Crippen molar-refractivity contribution in [2.24, 2.45) is 0 Å². The normalized spacial score (nSPS) is 16.1. The zero-order valence-corrected chi connectivity index (χ0v) is 17.0. The van der Waals surface area contributed by atoms with E-state index in [0.29, 0.717) is 36.1 Å². The molecule has 1 unspecified atom stereocenters. The van der Waals surface area contributed by atoms with Crippen LogP contribution in [0, 0.1) is 0 Å². The Morgan fingerprint density at radius 2 is 1.61 bits per heavy atom. The summed E-state index contributed by atoms with van der Waals surface area (Å²) in [5, 5.41) is 0. The molecule has 3 aromatic rings. The van der Waals surface area contributed by atoms with Crippen molar-refractivity contribution in [2.75, 3.05) is 19.9 Å². The minimum absolute atomic E-state index is 0.109. The number of benzene rings is 3. The van der Waals surface area contributed by atoms with Crippen LogP contribution in [-0.4, -0.2) is 36.9 Å². The number of hydrogen-bond donors (Lipinski definition) is 0. The first-order valence-electron chi connectivity index (χ1n) is 10.4. The van der Waals surface area contributed by atoms with Crippen molar-refractivity contribution in [3.8, 4) is 23.0 Å². The second-order valence-corrected chi connectivity index (χ2v) is 7.51. The zero-order chi connectivity index (χ0) is 21.0. The number of amides is 1. The molecule has 0 aromatic heterocycles. The molecule has 2 aliphatic rings. The molecule has 0 saturated carbocycles. The quantitative estimate of drug-likeness (QED) is 0.610. The number of rotatable bonds is 6. The van der Waals surface area contributed by atoms with Gasteiger partial charge < -0.3 is 23.8 Å². The average Bonchev–Trinajstić information content (AvgIpc) is 3.31. The molecule has 158 valence electrons. The fourth-order valence-corrected chi connectivity index (χ4v) is 3.84. The Bertz CT molecular complexity index is 1070. The van der Waals surface area contributed by atoms with Crippen LogP contribution in [0.15, 0.2) is 72.8 Å². The number of para-hydroxylation sites is 3. The number of carbonyl (C=O) groups excluding carboxylic acids is 1. The first kappa shape index (κ1) is 19.3. The van der Waals surface area contributed by atoms with E-state index in [9.17, 15) is 4.79 Å². The molecule has 2 aliphatic heterocycles. The highest BCUT2D eigenvalue weighted by molar-refractivity contribution is 5.82. The van der Waals surface area contributed by atoms with E-state index in [0.717, 1.165) is 12.0 Å². The van der Waals surface area contributed by atoms with Gasteiger partial charge in [-0.1, -0.05) is 54.6 Å². The molecule has 6 nitrogen and oxygen atoms in total. The van der Waals surface area contributed by atoms with Gasteiger partial charge in [-0.25, -0.2) is 0 Å². The van der Waals surface area contributed by atoms with E-state index in [4.69, 9.17) is 18.9 Å². The first-order chi connectivity index (χ1) is 15.3. The highest BCUT2D eigenvalue weighted by Gasteiger charge is 2.32. The van der Waals surface area contributed by atoms with Gasteiger partial charge in [0.15, 0.2) is 23.0 Å². The molecule has 3 aromatic carbocycles. The standard InChI is InChI=1S/C25H23NO5/c27-25(23-16-28-20-10-4-5-11-21(20)31-23)26(14-13-18-7-2-1-3-8-18)15-19-9-6-12-22-24(19)30-17-29-22/h1-12,23H,13-17H2. The SMILES string of the molecule is O=C(C1COc2ccccc2O1)N(CCc1ccccc1)Cc1cccc2c1OCO2. The number of ether oxygens (including phenoxy) is 4. The summed E-state index contributed by atoms with van der Waals surface area (Å²) >= 11 is 0. The molecule has 1 atom stereocenters. The molecule has 0 spiro atoms. The van der Waals surface area contributed by atoms with Crippen molar-refractivity contribution in [1.29, 1.82) is 0 Å². The van der Waals surface area contributed by atoms with E-state index in [-0.39, 0.29) is 19.3 Å². The molecule has 5 rings (SSSR count). The molecule has 0 bridgehead atoms. The number of hydrogen-bond acceptors (Lipinski definition) is 5. The van der Waals surface area contributed by atoms with Crippen LogP contribution in [0.3, 0.4) is 0 Å². The monoisotopic (exact) mass is 417 g/mol. The third-order valence-electron chi connectivity index (χ3n) is 5.45. The summed E-state index contributed by atoms with van der Waals surface area (Å²) in [6, 6.07) is 23.3. The molecule has 0 N–H and O–H groups in total. The van der Waals surface area contributed by atoms with Crippen LogP contribution in [0.25, 0.3) is 0 Å². The van der Waals surface area contributed by atoms with E-state index in [2.05, 4.69) is 12.1 Å². The van der Waals surface area contributed by atoms with Crippen molar-refractivity contribution in [3.63, 3.8) is 0 Å². The molecule has 0 fully saturated rings. The van der Waals surface area contributed by atoms with Crippen molar-refractivity contribution in [2.45, 2.75) is 19.1 Å². The topological polar surface area (TPSA) is 57.2 Å². The van der Waals surface area contributed by atoms with Crippen LogP contribution in [0.1, 0.15) is 11.1 Å². The maximum atomic E-state index is 13.5. The van der Waals surface area contributed by atoms with Gasteiger partial charge in [0.1, 0.15) is 6.61 Å². The molecular formula is C25H23NO5. The fraction of sp³-hybridized carbons (Fsp3) is 0.240. The van der Waals surface area contributed by atoms with Gasteiger partial charge in [-0.05, 0) is 30.2 Å². The minimum Gasteiger partial charge on any atom is -0.485 e. The van der Waals surface area contributed by atoms with Gasteiger partial charge in [0, 0.05) is 18.7 Å². The van der Waals surface area contributed by atoms with Crippen molar-refractivity contribution in [3.05, 3.63) is 83.9 Å². The van der Waals surface area contributed by atoms with Crippen LogP contribution in [0.2, 0.25) is 0 Å². The summed E-state index contributed by atoms with van der Waals surface area (Å²) in [6.45, 7) is 1.33. The lowest BCUT2D eigenvalue weighted by atomic mass is 10.1. The second kappa shape index (κ2) is 8.60. The Kier molecular flexibility index (Phi) is 5.35. The predicted octanol–water partition coefficient (Wildman–Crippen LogP) is 3.83. The van der Waals surface area contributed by atoms with Gasteiger partial charge >= 0.3 is 0 Å². The molecule has 0 saturated heterocycles. The maximum absolute atomic E-state index is 13.5. The molecule has 0 aliphatic carbocycles. The average molecular weight is 417 g/mol. The molecule has 0 radical (unpaired) electrons. The summed E-state index contributed by atoms with van der Waals surface area (Å²) < 4.78 is 22.9. The lowest BCUT2D eigenvalue weighted by Crippen LogP contribution is -2.46. The van der Waals surface area contributed by atoms with Gasteiger partial charge in [0.05, 0.1) is 0 Å². The van der Waals surface area contributed by atoms with E-state index in [1.54, 1.807) is 0 Å². The highest BCUT2D eigenvalue weighted by atomic mass is 16.7. The Hall–Kier alpha value is -3.67. The third kappa shape index (κ3) is 4.14. The van der Waals surface area contributed by atoms with E-state index in [1.807, 2.05) is 65.6 Å². The summed E-state index contributed by atoms with van der Waals surface area (Å²) in [6.07, 6.45) is 0.0444. The molecule has 6 heteroatoms. The van der Waals surface area contributed by atoms with Crippen LogP contribution < -0.4 is 18.9 Å². The highest BCUT2D eigenvalue weighted by Crippen LogP contribution is 2.36. The first-order valence-corrected chi connectivity index (χ1v) is 10.4. The van der Waals surface area contributed by atoms with Crippen LogP contribution in [-0.2, 0) is 17.8 Å². The Balaban J connectivity index is 1.37. The van der Waals surface area contributed by atoms with Gasteiger partial charge in [0.25, 0.3) is 5.91 Å². The maximum Gasteiger partial charge on any atom is 0.267 e. The largest absolute Gasteiger partial charge is 0.485 e. The molecular weight excluding hydrogens is 394 g/mol. The summed E-state index contributed by atoms with van der Waals surface area (Å²) in [5.74, 6) is 2.55. The fourth-order valence-electron chi connectivity index (χ4n) is 3.84. The summed E-state index contributed by atoms with van der Waals surface area (Å²) in [4.78, 5) is 15.3. The number of nitrogens with zero attached hydrogens (tertiary/aromatic N) is 1. The van der Waals surface area contributed by atoms with Gasteiger partial charge in [-0.3, -0.25) is 4.79 Å². The Labute approximate surface area is 180 Å². The number of carbonyl (C=O) groups is 1. The molecule has 2 heterocycles. The van der Waals surface area contributed by atoms with Crippen LogP contribution >= 0.6 is 0 Å². The zero-order valence-electron chi connectivity index (χ0n) is 17.0. The summed E-state index contributed by atoms with van der Waals surface area (Å²) in [5.41, 5.74) is 2.08. The van der Waals surface area contributed by atoms with E-state index in [1.165, 1.54) is 5.56 Å². The predicted molar refractivity (Wildman–Crippen MR) is 114 cm³/mol. The minimum atomic E-state index is -0.695. The van der Waals surface area contributed by atoms with Crippen molar-refractivity contribution < 1.29 is 23.7 Å². The lowest BCUT2D eigenvalue weighted by Gasteiger charge is -2.31. The third-order valence-corrected chi connectivity index (χ3v) is 5.45. The number of fused-ring (bicyclic) bond motifs is 2. The smallest absolute Gasteiger partial charge is 0.267 e. The van der Waals surface area contributed by atoms with Gasteiger partial charge in [-0.2, -0.15) is 0 Å². The van der Waals surface area contributed by atoms with E-state index >= 15 is 0 Å². The van der Waals surface area contributed by atoms with Gasteiger partial charge in [0.2, 0.25) is 12.9 Å². The second-order valence-electron chi connectivity index (χ2n) is 7.51. The lowest BCUT2D eigenvalue weighted by molar-refractivity contribution is -0.141. The van der Waals surface area contributed by atoms with E-state index < -0.39 is 6.10 Å². The van der Waals surface area contributed by atoms with Crippen LogP contribution in [0.4, 0.5) is 0 Å². The van der Waals surface area contributed by atoms with Crippen molar-refractivity contribution in [1.82, 2.24) is 4.90 Å². The Morgan fingerprint density at radius 1 is 0.839 bits per heavy atom. The summed E-state index contributed by atoms with van der Waals surface area (Å²) in [7, 11) is 0. The molecule has 31 heavy (non-hydrogen) atoms. The van der Waals surface area contributed by atoms with Crippen LogP contribution in [0.5, 0.6) is 23.0 Å². The Morgan fingerprint density at radius 3 is 2.48 bits per heavy atom. The van der Waals surface area contributed by atoms with Crippen molar-refractivity contribution >= 4 is 5.91 Å².